The highest BCUT2D eigenvalue weighted by molar-refractivity contribution is 6.33. The van der Waals surface area contributed by atoms with Crippen LogP contribution in [0.5, 0.6) is 0 Å². The lowest BCUT2D eigenvalue weighted by molar-refractivity contribution is 0.506. The van der Waals surface area contributed by atoms with Crippen molar-refractivity contribution in [1.82, 2.24) is 24.9 Å². The van der Waals surface area contributed by atoms with Gasteiger partial charge in [0.15, 0.2) is 0 Å². The van der Waals surface area contributed by atoms with Crippen LogP contribution in [0.3, 0.4) is 0 Å². The van der Waals surface area contributed by atoms with Crippen LogP contribution in [0.4, 0.5) is 16.2 Å². The fraction of sp³-hybridized carbons (Fsp3) is 0.238. The summed E-state index contributed by atoms with van der Waals surface area (Å²) in [6.45, 7) is 1.52. The van der Waals surface area contributed by atoms with E-state index in [1.165, 1.54) is 6.20 Å². The molecule has 1 aliphatic rings. The zero-order valence-electron chi connectivity index (χ0n) is 16.0. The Morgan fingerprint density at radius 3 is 2.77 bits per heavy atom. The van der Waals surface area contributed by atoms with Gasteiger partial charge in [0.25, 0.3) is 0 Å². The van der Waals surface area contributed by atoms with Gasteiger partial charge >= 0.3 is 6.08 Å². The molecule has 152 valence electrons. The number of para-hydroxylation sites is 1. The van der Waals surface area contributed by atoms with Crippen molar-refractivity contribution in [3.63, 3.8) is 0 Å². The van der Waals surface area contributed by atoms with Crippen LogP contribution >= 0.6 is 11.6 Å². The minimum absolute atomic E-state index is 0.213. The van der Waals surface area contributed by atoms with Gasteiger partial charge < -0.3 is 15.2 Å². The Morgan fingerprint density at radius 1 is 1.10 bits per heavy atom. The van der Waals surface area contributed by atoms with Gasteiger partial charge in [0.1, 0.15) is 5.82 Å². The second kappa shape index (κ2) is 7.87. The minimum Gasteiger partial charge on any atom is -0.360 e. The van der Waals surface area contributed by atoms with Gasteiger partial charge in [0, 0.05) is 48.0 Å². The normalized spacial score (nSPS) is 14.9. The first-order chi connectivity index (χ1) is 14.7. The zero-order valence-corrected chi connectivity index (χ0v) is 16.8. The summed E-state index contributed by atoms with van der Waals surface area (Å²) in [5.74, 6) is 1.16. The van der Waals surface area contributed by atoms with Crippen molar-refractivity contribution in [3.05, 3.63) is 60.0 Å². The van der Waals surface area contributed by atoms with Gasteiger partial charge in [-0.15, -0.1) is 0 Å². The van der Waals surface area contributed by atoms with Crippen molar-refractivity contribution in [3.8, 4) is 11.3 Å². The topological polar surface area (TPSA) is 82.6 Å². The molecule has 3 aromatic heterocycles. The standard InChI is InChI=1S/C21H19ClFN7/c22-16-12-26-21(29-19(16)15-11-25-17-4-2-1-3-14(15)17)27-13-6-9-30(10-7-13)18-5-8-24-20(23)28-18/h1-5,8,11-13,25H,6-7,9-10H2,(H,26,27,29). The lowest BCUT2D eigenvalue weighted by Gasteiger charge is -2.33. The third-order valence-electron chi connectivity index (χ3n) is 5.35. The van der Waals surface area contributed by atoms with Crippen LogP contribution in [0.15, 0.2) is 48.9 Å². The number of aromatic amines is 1. The van der Waals surface area contributed by atoms with E-state index in [4.69, 9.17) is 11.6 Å². The Hall–Kier alpha value is -3.26. The molecule has 30 heavy (non-hydrogen) atoms. The van der Waals surface area contributed by atoms with E-state index in [0.717, 1.165) is 42.4 Å². The predicted octanol–water partition coefficient (Wildman–Crippen LogP) is 4.29. The number of H-pyrrole nitrogens is 1. The number of fused-ring (bicyclic) bond motifs is 1. The Morgan fingerprint density at radius 2 is 1.93 bits per heavy atom. The number of nitrogens with zero attached hydrogens (tertiary/aromatic N) is 5. The minimum atomic E-state index is -0.702. The van der Waals surface area contributed by atoms with Gasteiger partial charge in [-0.05, 0) is 25.0 Å². The van der Waals surface area contributed by atoms with Crippen molar-refractivity contribution in [2.45, 2.75) is 18.9 Å². The molecule has 0 radical (unpaired) electrons. The molecule has 1 aromatic carbocycles. The molecule has 5 rings (SSSR count). The highest BCUT2D eigenvalue weighted by Crippen LogP contribution is 2.32. The number of rotatable bonds is 4. The van der Waals surface area contributed by atoms with Crippen molar-refractivity contribution < 1.29 is 4.39 Å². The molecule has 0 bridgehead atoms. The Balaban J connectivity index is 1.31. The van der Waals surface area contributed by atoms with Crippen LogP contribution in [-0.2, 0) is 0 Å². The first-order valence-electron chi connectivity index (χ1n) is 9.76. The molecule has 4 aromatic rings. The maximum atomic E-state index is 13.3. The van der Waals surface area contributed by atoms with Gasteiger partial charge in [-0.25, -0.2) is 15.0 Å². The number of halogens is 2. The van der Waals surface area contributed by atoms with Gasteiger partial charge in [-0.1, -0.05) is 29.8 Å². The quantitative estimate of drug-likeness (QED) is 0.476. The van der Waals surface area contributed by atoms with Crippen LogP contribution in [0, 0.1) is 6.08 Å². The van der Waals surface area contributed by atoms with E-state index in [1.54, 1.807) is 12.3 Å². The number of aromatic nitrogens is 5. The summed E-state index contributed by atoms with van der Waals surface area (Å²) < 4.78 is 13.3. The molecule has 1 fully saturated rings. The summed E-state index contributed by atoms with van der Waals surface area (Å²) in [6, 6.07) is 9.98. The number of hydrogen-bond acceptors (Lipinski definition) is 6. The number of anilines is 2. The molecule has 7 nitrogen and oxygen atoms in total. The van der Waals surface area contributed by atoms with Crippen molar-refractivity contribution in [1.29, 1.82) is 0 Å². The van der Waals surface area contributed by atoms with E-state index in [0.29, 0.717) is 22.5 Å². The van der Waals surface area contributed by atoms with Gasteiger partial charge in [0.2, 0.25) is 5.95 Å². The van der Waals surface area contributed by atoms with Crippen molar-refractivity contribution in [2.24, 2.45) is 0 Å². The molecule has 1 saturated heterocycles. The summed E-state index contributed by atoms with van der Waals surface area (Å²) >= 11 is 6.41. The molecular weight excluding hydrogens is 405 g/mol. The molecule has 0 amide bonds. The van der Waals surface area contributed by atoms with E-state index in [9.17, 15) is 4.39 Å². The molecule has 4 heterocycles. The van der Waals surface area contributed by atoms with Crippen LogP contribution in [0.2, 0.25) is 5.02 Å². The summed E-state index contributed by atoms with van der Waals surface area (Å²) in [6.07, 6.45) is 6.01. The number of hydrogen-bond donors (Lipinski definition) is 2. The van der Waals surface area contributed by atoms with E-state index in [1.807, 2.05) is 30.5 Å². The van der Waals surface area contributed by atoms with Crippen molar-refractivity contribution in [2.75, 3.05) is 23.3 Å². The summed E-state index contributed by atoms with van der Waals surface area (Å²) in [7, 11) is 0. The Labute approximate surface area is 177 Å². The van der Waals surface area contributed by atoms with E-state index >= 15 is 0 Å². The third-order valence-corrected chi connectivity index (χ3v) is 5.63. The fourth-order valence-corrected chi connectivity index (χ4v) is 4.02. The molecular formula is C21H19ClFN7. The van der Waals surface area contributed by atoms with Gasteiger partial charge in [-0.2, -0.15) is 9.37 Å². The Bertz CT molecular complexity index is 1190. The van der Waals surface area contributed by atoms with E-state index in [-0.39, 0.29) is 6.04 Å². The van der Waals surface area contributed by atoms with Gasteiger partial charge in [0.05, 0.1) is 16.9 Å². The highest BCUT2D eigenvalue weighted by atomic mass is 35.5. The molecule has 2 N–H and O–H groups in total. The summed E-state index contributed by atoms with van der Waals surface area (Å²) in [4.78, 5) is 21.7. The Kier molecular flexibility index (Phi) is 4.92. The lowest BCUT2D eigenvalue weighted by atomic mass is 10.1. The van der Waals surface area contributed by atoms with Crippen molar-refractivity contribution >= 4 is 34.3 Å². The third kappa shape index (κ3) is 3.66. The lowest BCUT2D eigenvalue weighted by Crippen LogP contribution is -2.39. The van der Waals surface area contributed by atoms with Crippen LogP contribution in [0.25, 0.3) is 22.2 Å². The highest BCUT2D eigenvalue weighted by Gasteiger charge is 2.22. The molecule has 0 atom stereocenters. The SMILES string of the molecule is Fc1nccc(N2CCC(Nc3ncc(Cl)c(-c4c[nH]c5ccccc45)n3)CC2)n1. The fourth-order valence-electron chi connectivity index (χ4n) is 3.83. The first kappa shape index (κ1) is 18.7. The van der Waals surface area contributed by atoms with E-state index < -0.39 is 6.08 Å². The van der Waals surface area contributed by atoms with Crippen LogP contribution in [-0.4, -0.2) is 44.1 Å². The van der Waals surface area contributed by atoms with Crippen LogP contribution < -0.4 is 10.2 Å². The maximum absolute atomic E-state index is 13.3. The summed E-state index contributed by atoms with van der Waals surface area (Å²) in [5.41, 5.74) is 2.67. The number of nitrogens with one attached hydrogen (secondary N) is 2. The molecule has 0 unspecified atom stereocenters. The zero-order chi connectivity index (χ0) is 20.5. The molecule has 0 aliphatic carbocycles. The second-order valence-corrected chi connectivity index (χ2v) is 7.63. The first-order valence-corrected chi connectivity index (χ1v) is 10.1. The average molecular weight is 424 g/mol. The maximum Gasteiger partial charge on any atom is 0.310 e. The molecule has 9 heteroatoms. The smallest absolute Gasteiger partial charge is 0.310 e. The molecule has 1 aliphatic heterocycles. The largest absolute Gasteiger partial charge is 0.360 e. The monoisotopic (exact) mass is 423 g/mol. The summed E-state index contributed by atoms with van der Waals surface area (Å²) in [5, 5.41) is 4.99. The molecule has 0 spiro atoms. The number of benzene rings is 1. The van der Waals surface area contributed by atoms with E-state index in [2.05, 4.69) is 35.1 Å². The number of piperidine rings is 1. The average Bonchev–Trinajstić information content (AvgIpc) is 3.20. The second-order valence-electron chi connectivity index (χ2n) is 7.23. The van der Waals surface area contributed by atoms with Gasteiger partial charge in [-0.3, -0.25) is 0 Å². The van der Waals surface area contributed by atoms with Crippen LogP contribution in [0.1, 0.15) is 12.8 Å². The molecule has 0 saturated carbocycles. The predicted molar refractivity (Wildman–Crippen MR) is 115 cm³/mol.